The van der Waals surface area contributed by atoms with Crippen molar-refractivity contribution in [3.8, 4) is 0 Å². The molecule has 0 saturated carbocycles. The van der Waals surface area contributed by atoms with Crippen molar-refractivity contribution in [3.05, 3.63) is 105 Å². The number of thioether (sulfide) groups is 1. The van der Waals surface area contributed by atoms with E-state index in [2.05, 4.69) is 64.5 Å². The quantitative estimate of drug-likeness (QED) is 0.515. The molecule has 25 heavy (non-hydrogen) atoms. The Morgan fingerprint density at radius 2 is 1.80 bits per heavy atom. The first-order valence-electron chi connectivity index (χ1n) is 8.30. The summed E-state index contributed by atoms with van der Waals surface area (Å²) in [6, 6.07) is 8.16. The number of hydrogen-bond acceptors (Lipinski definition) is 1. The predicted molar refractivity (Wildman–Crippen MR) is 118 cm³/mol. The van der Waals surface area contributed by atoms with E-state index in [-0.39, 0.29) is 0 Å². The molecule has 0 unspecified atom stereocenters. The summed E-state index contributed by atoms with van der Waals surface area (Å²) < 4.78 is 0. The summed E-state index contributed by atoms with van der Waals surface area (Å²) in [7, 11) is 0. The Morgan fingerprint density at radius 3 is 2.44 bits per heavy atom. The van der Waals surface area contributed by atoms with Crippen LogP contribution in [-0.2, 0) is 0 Å². The minimum atomic E-state index is 0.892. The molecule has 0 aromatic heterocycles. The number of benzene rings is 1. The van der Waals surface area contributed by atoms with Gasteiger partial charge in [-0.05, 0) is 49.3 Å². The van der Waals surface area contributed by atoms with Gasteiger partial charge in [0, 0.05) is 9.81 Å². The highest BCUT2D eigenvalue weighted by Gasteiger charge is 2.00. The van der Waals surface area contributed by atoms with Crippen molar-refractivity contribution in [1.29, 1.82) is 0 Å². The lowest BCUT2D eigenvalue weighted by Gasteiger charge is -2.06. The van der Waals surface area contributed by atoms with Crippen LogP contribution in [0.25, 0.3) is 12.7 Å². The highest BCUT2D eigenvalue weighted by Crippen LogP contribution is 2.30. The molecule has 0 saturated heterocycles. The third-order valence-corrected chi connectivity index (χ3v) is 4.46. The van der Waals surface area contributed by atoms with Crippen molar-refractivity contribution in [2.45, 2.75) is 27.2 Å². The molecule has 0 atom stereocenters. The van der Waals surface area contributed by atoms with Gasteiger partial charge in [-0.3, -0.25) is 0 Å². The molecule has 0 aliphatic carbocycles. The molecular weight excluding hydrogens is 320 g/mol. The van der Waals surface area contributed by atoms with E-state index in [1.54, 1.807) is 11.8 Å². The minimum absolute atomic E-state index is 0.892. The first-order valence-corrected chi connectivity index (χ1v) is 9.12. The lowest BCUT2D eigenvalue weighted by molar-refractivity contribution is 1.19. The zero-order valence-corrected chi connectivity index (χ0v) is 16.5. The molecule has 0 aliphatic heterocycles. The summed E-state index contributed by atoms with van der Waals surface area (Å²) in [4.78, 5) is 1.91. The van der Waals surface area contributed by atoms with Crippen molar-refractivity contribution in [3.63, 3.8) is 0 Å². The summed E-state index contributed by atoms with van der Waals surface area (Å²) in [5.41, 5.74) is 3.42. The third-order valence-electron chi connectivity index (χ3n) is 3.57. The van der Waals surface area contributed by atoms with E-state index in [0.717, 1.165) is 32.2 Å². The maximum absolute atomic E-state index is 4.11. The number of hydrogen-bond donors (Lipinski definition) is 0. The van der Waals surface area contributed by atoms with Gasteiger partial charge in [0.15, 0.2) is 0 Å². The van der Waals surface area contributed by atoms with Gasteiger partial charge in [0.2, 0.25) is 0 Å². The van der Waals surface area contributed by atoms with Crippen molar-refractivity contribution < 1.29 is 0 Å². The Morgan fingerprint density at radius 1 is 1.12 bits per heavy atom. The van der Waals surface area contributed by atoms with E-state index in [1.807, 2.05) is 37.3 Å². The molecule has 0 bridgehead atoms. The molecule has 0 radical (unpaired) electrons. The summed E-state index contributed by atoms with van der Waals surface area (Å²) in [5.74, 6) is 0. The lowest BCUT2D eigenvalue weighted by atomic mass is 10.1. The molecule has 1 aromatic carbocycles. The topological polar surface area (TPSA) is 0 Å². The van der Waals surface area contributed by atoms with Crippen LogP contribution in [0.2, 0.25) is 0 Å². The van der Waals surface area contributed by atoms with E-state index < -0.39 is 0 Å². The second kappa shape index (κ2) is 10.6. The molecule has 130 valence electrons. The molecule has 0 aliphatic rings. The zero-order valence-electron chi connectivity index (χ0n) is 15.6. The summed E-state index contributed by atoms with van der Waals surface area (Å²) in [5, 5.41) is 2.21. The van der Waals surface area contributed by atoms with Gasteiger partial charge < -0.3 is 0 Å². The Kier molecular flexibility index (Phi) is 8.80. The monoisotopic (exact) mass is 348 g/mol. The van der Waals surface area contributed by atoms with Gasteiger partial charge in [-0.25, -0.2) is 0 Å². The van der Waals surface area contributed by atoms with Gasteiger partial charge in [0.1, 0.15) is 0 Å². The van der Waals surface area contributed by atoms with Crippen LogP contribution in [0.3, 0.4) is 0 Å². The third kappa shape index (κ3) is 7.91. The highest BCUT2D eigenvalue weighted by atomic mass is 32.2. The lowest BCUT2D eigenvalue weighted by Crippen LogP contribution is -2.21. The average Bonchev–Trinajstić information content (AvgIpc) is 2.55. The normalized spacial score (nSPS) is 13.3. The van der Waals surface area contributed by atoms with Gasteiger partial charge in [-0.2, -0.15) is 0 Å². The standard InChI is InChI=1S/C24H28S/c1-8-11-20(4)23(7)25-22(6)16-18(2)14-15-19(3)17-24-13-10-9-12-21(24)5/h8-13,15-17H,4-7,14H2,1-3H3/b11-8-,18-16+,19-15+,24-17-. The van der Waals surface area contributed by atoms with Crippen LogP contribution in [0.4, 0.5) is 0 Å². The largest absolute Gasteiger partial charge is 0.0912 e. The SMILES string of the molecule is C=C(/C=C(\C)C/C=C(C)/C=c1/ccccc1=C)SC(=C)C(=C)/C=C\C. The van der Waals surface area contributed by atoms with E-state index in [9.17, 15) is 0 Å². The molecule has 0 nitrogen and oxygen atoms in total. The Labute approximate surface area is 157 Å². The fourth-order valence-electron chi connectivity index (χ4n) is 2.18. The average molecular weight is 349 g/mol. The molecule has 0 fully saturated rings. The molecule has 0 N–H and O–H groups in total. The molecular formula is C24H28S. The van der Waals surface area contributed by atoms with Crippen LogP contribution in [0, 0.1) is 0 Å². The predicted octanol–water partition coefficient (Wildman–Crippen LogP) is 6.05. The number of rotatable bonds is 8. The van der Waals surface area contributed by atoms with Crippen molar-refractivity contribution in [2.75, 3.05) is 0 Å². The summed E-state index contributed by atoms with van der Waals surface area (Å²) in [6.07, 6.45) is 11.3. The molecule has 1 heteroatoms. The maximum Gasteiger partial charge on any atom is 0.0116 e. The van der Waals surface area contributed by atoms with Crippen LogP contribution < -0.4 is 10.4 Å². The summed E-state index contributed by atoms with van der Waals surface area (Å²) >= 11 is 1.56. The van der Waals surface area contributed by atoms with Gasteiger partial charge in [-0.15, -0.1) is 0 Å². The van der Waals surface area contributed by atoms with Crippen molar-refractivity contribution >= 4 is 24.4 Å². The van der Waals surface area contributed by atoms with Gasteiger partial charge in [0.25, 0.3) is 0 Å². The van der Waals surface area contributed by atoms with Crippen LogP contribution in [0.1, 0.15) is 27.2 Å². The first kappa shape index (κ1) is 20.8. The van der Waals surface area contributed by atoms with Gasteiger partial charge in [-0.1, -0.05) is 97.8 Å². The van der Waals surface area contributed by atoms with Crippen molar-refractivity contribution in [1.82, 2.24) is 0 Å². The smallest absolute Gasteiger partial charge is 0.0116 e. The van der Waals surface area contributed by atoms with E-state index in [4.69, 9.17) is 0 Å². The van der Waals surface area contributed by atoms with Gasteiger partial charge >= 0.3 is 0 Å². The molecule has 0 spiro atoms. The van der Waals surface area contributed by atoms with Crippen molar-refractivity contribution in [2.24, 2.45) is 0 Å². The molecule has 1 rings (SSSR count). The molecule has 0 amide bonds. The minimum Gasteiger partial charge on any atom is -0.0912 e. The highest BCUT2D eigenvalue weighted by molar-refractivity contribution is 8.07. The van der Waals surface area contributed by atoms with Crippen LogP contribution >= 0.6 is 11.8 Å². The molecule has 0 heterocycles. The van der Waals surface area contributed by atoms with E-state index >= 15 is 0 Å². The Balaban J connectivity index is 2.72. The number of allylic oxidation sites excluding steroid dienone is 7. The second-order valence-corrected chi connectivity index (χ2v) is 7.22. The van der Waals surface area contributed by atoms with Crippen LogP contribution in [0.15, 0.2) is 94.8 Å². The molecule has 1 aromatic rings. The fraction of sp³-hybridized carbons (Fsp3) is 0.167. The second-order valence-electron chi connectivity index (χ2n) is 6.00. The fourth-order valence-corrected chi connectivity index (χ4v) is 2.96. The van der Waals surface area contributed by atoms with E-state index in [1.165, 1.54) is 11.1 Å². The maximum atomic E-state index is 4.11. The van der Waals surface area contributed by atoms with Crippen LogP contribution in [-0.4, -0.2) is 0 Å². The van der Waals surface area contributed by atoms with Gasteiger partial charge in [0.05, 0.1) is 0 Å². The zero-order chi connectivity index (χ0) is 18.8. The first-order chi connectivity index (χ1) is 11.8. The Bertz CT molecular complexity index is 844. The van der Waals surface area contributed by atoms with Crippen LogP contribution in [0.5, 0.6) is 0 Å². The Hall–Kier alpha value is -2.25. The van der Waals surface area contributed by atoms with E-state index in [0.29, 0.717) is 0 Å². The summed E-state index contributed by atoms with van der Waals surface area (Å²) in [6.45, 7) is 22.4.